The van der Waals surface area contributed by atoms with Crippen LogP contribution >= 0.6 is 21.6 Å². The predicted octanol–water partition coefficient (Wildman–Crippen LogP) is -5.01. The molecule has 0 unspecified atom stereocenters. The molecule has 0 bridgehead atoms. The summed E-state index contributed by atoms with van der Waals surface area (Å²) in [5, 5.41) is 17.7. The van der Waals surface area contributed by atoms with Crippen molar-refractivity contribution in [1.29, 1.82) is 0 Å². The second kappa shape index (κ2) is 27.6. The minimum Gasteiger partial charge on any atom is -0.370 e. The van der Waals surface area contributed by atoms with Gasteiger partial charge in [-0.1, -0.05) is 72.2 Å². The summed E-state index contributed by atoms with van der Waals surface area (Å²) < 4.78 is 0. The molecular formula is C41H63N13O11S2. The molecule has 0 radical (unpaired) electrons. The average Bonchev–Trinajstić information content (AvgIpc) is 3.78. The van der Waals surface area contributed by atoms with Crippen LogP contribution in [0.1, 0.15) is 64.4 Å². The monoisotopic (exact) mass is 977 g/mol. The van der Waals surface area contributed by atoms with E-state index in [1.54, 1.807) is 44.2 Å². The van der Waals surface area contributed by atoms with Gasteiger partial charge in [-0.2, -0.15) is 0 Å². The molecule has 26 heteroatoms. The Balaban J connectivity index is 2.04. The number of hydrogen-bond acceptors (Lipinski definition) is 15. The van der Waals surface area contributed by atoms with E-state index in [4.69, 9.17) is 28.7 Å². The summed E-state index contributed by atoms with van der Waals surface area (Å²) in [6, 6.07) is -2.07. The summed E-state index contributed by atoms with van der Waals surface area (Å²) in [6.45, 7) is 2.95. The molecule has 2 fully saturated rings. The van der Waals surface area contributed by atoms with Gasteiger partial charge in [0.2, 0.25) is 65.0 Å². The van der Waals surface area contributed by atoms with Crippen molar-refractivity contribution in [2.75, 3.05) is 31.1 Å². The first-order valence-electron chi connectivity index (χ1n) is 21.7. The summed E-state index contributed by atoms with van der Waals surface area (Å²) in [5.41, 5.74) is 28.7. The summed E-state index contributed by atoms with van der Waals surface area (Å²) in [4.78, 5) is 147. The van der Waals surface area contributed by atoms with E-state index in [0.29, 0.717) is 18.4 Å². The van der Waals surface area contributed by atoms with E-state index in [2.05, 4.69) is 37.2 Å². The molecule has 67 heavy (non-hydrogen) atoms. The minimum atomic E-state index is -1.74. The summed E-state index contributed by atoms with van der Waals surface area (Å²) >= 11 is 0. The number of benzene rings is 1. The second-order valence-electron chi connectivity index (χ2n) is 16.2. The van der Waals surface area contributed by atoms with Gasteiger partial charge in [-0.25, -0.2) is 0 Å². The number of rotatable bonds is 17. The average molecular weight is 978 g/mol. The zero-order valence-corrected chi connectivity index (χ0v) is 39.0. The first kappa shape index (κ1) is 55.3. The number of likely N-dealkylation sites (tertiary alicyclic amines) is 1. The van der Waals surface area contributed by atoms with E-state index in [-0.39, 0.29) is 50.3 Å². The molecule has 24 nitrogen and oxygen atoms in total. The van der Waals surface area contributed by atoms with Gasteiger partial charge in [-0.15, -0.1) is 0 Å². The van der Waals surface area contributed by atoms with E-state index in [0.717, 1.165) is 21.6 Å². The molecule has 3 rings (SSSR count). The lowest BCUT2D eigenvalue weighted by atomic mass is 9.96. The van der Waals surface area contributed by atoms with Gasteiger partial charge in [0.05, 0.1) is 19.0 Å². The molecule has 11 amide bonds. The fourth-order valence-electron chi connectivity index (χ4n) is 7.06. The number of nitrogens with zero attached hydrogens (tertiary/aromatic N) is 1. The number of amides is 11. The molecule has 2 heterocycles. The molecule has 2 saturated heterocycles. The number of primary amides is 3. The Bertz CT molecular complexity index is 1970. The van der Waals surface area contributed by atoms with Gasteiger partial charge < -0.3 is 70.8 Å². The van der Waals surface area contributed by atoms with E-state index in [1.807, 2.05) is 0 Å². The Labute approximate surface area is 395 Å². The van der Waals surface area contributed by atoms with Crippen LogP contribution in [0.25, 0.3) is 0 Å². The van der Waals surface area contributed by atoms with Gasteiger partial charge in [-0.05, 0) is 43.7 Å². The topological polar surface area (TPSA) is 405 Å². The van der Waals surface area contributed by atoms with Crippen molar-refractivity contribution >= 4 is 86.6 Å². The maximum absolute atomic E-state index is 14.4. The molecule has 17 N–H and O–H groups in total. The van der Waals surface area contributed by atoms with E-state index in [9.17, 15) is 52.7 Å². The maximum Gasteiger partial charge on any atom is 0.246 e. The van der Waals surface area contributed by atoms with Crippen LogP contribution < -0.4 is 65.9 Å². The zero-order chi connectivity index (χ0) is 49.8. The van der Waals surface area contributed by atoms with Crippen molar-refractivity contribution in [3.8, 4) is 0 Å². The Hall–Kier alpha value is -5.99. The SMILES string of the molecule is CC[C@H](C)[C@@H]1NC(=O)[C@H](Cc2ccccc2)NC(=O)[C@@H](N)CSSC[C@@H](C(=O)N2CCC[C@H]2C(=O)N[C@@H](CCN)C(=O)NCC(N)=O)NC(=O)[C@H](CC(N)=O)NC(=O)[C@H](CCC(N)=O)NC1=O. The highest BCUT2D eigenvalue weighted by Gasteiger charge is 2.41. The van der Waals surface area contributed by atoms with Crippen LogP contribution in [0.3, 0.4) is 0 Å². The van der Waals surface area contributed by atoms with Crippen LogP contribution in [-0.2, 0) is 59.2 Å². The highest BCUT2D eigenvalue weighted by Crippen LogP contribution is 2.26. The van der Waals surface area contributed by atoms with Gasteiger partial charge in [0.1, 0.15) is 42.3 Å². The number of nitrogens with two attached hydrogens (primary N) is 5. The molecule has 0 saturated carbocycles. The van der Waals surface area contributed by atoms with E-state index < -0.39 is 139 Å². The molecule has 0 aliphatic carbocycles. The quantitative estimate of drug-likeness (QED) is 0.0651. The Morgan fingerprint density at radius 2 is 1.42 bits per heavy atom. The molecule has 2 aliphatic rings. The van der Waals surface area contributed by atoms with Crippen LogP contribution in [0.5, 0.6) is 0 Å². The van der Waals surface area contributed by atoms with Crippen molar-refractivity contribution in [3.05, 3.63) is 35.9 Å². The second-order valence-corrected chi connectivity index (χ2v) is 18.7. The zero-order valence-electron chi connectivity index (χ0n) is 37.4. The highest BCUT2D eigenvalue weighted by atomic mass is 33.1. The molecule has 1 aromatic carbocycles. The summed E-state index contributed by atoms with van der Waals surface area (Å²) in [5.74, 6) is -10.2. The third kappa shape index (κ3) is 18.0. The van der Waals surface area contributed by atoms with Gasteiger partial charge in [-0.3, -0.25) is 52.7 Å². The third-order valence-corrected chi connectivity index (χ3v) is 13.4. The lowest BCUT2D eigenvalue weighted by Crippen LogP contribution is -2.61. The first-order chi connectivity index (χ1) is 31.7. The number of carbonyl (C=O) groups is 11. The fourth-order valence-corrected chi connectivity index (χ4v) is 9.34. The standard InChI is InChI=1S/C41H63N13O11S2/c1-3-21(2)33-40(64)49-24(11-12-30(44)55)36(60)51-27(17-31(45)56)37(61)52-28(20-67-66-19-23(43)34(58)50-26(38(62)53-33)16-22-8-5-4-6-9-22)41(65)54-15-7-10-29(54)39(63)48-25(13-14-42)35(59)47-18-32(46)57/h4-6,8-9,21,23-29,33H,3,7,10-20,42-43H2,1-2H3,(H2,44,55)(H2,45,56)(H2,46,57)(H,47,59)(H,48,63)(H,49,64)(H,50,58)(H,51,60)(H,52,61)(H,53,62)/t21-,23-,24-,25-,26-,27-,28-,29-,33-/m0/s1. The number of hydrogen-bond donors (Lipinski definition) is 12. The fraction of sp³-hybridized carbons (Fsp3) is 0.585. The Kier molecular flexibility index (Phi) is 22.8. The van der Waals surface area contributed by atoms with Crippen molar-refractivity contribution in [3.63, 3.8) is 0 Å². The molecule has 370 valence electrons. The summed E-state index contributed by atoms with van der Waals surface area (Å²) in [6.07, 6.45) is -0.753. The van der Waals surface area contributed by atoms with Crippen LogP contribution in [-0.4, -0.2) is 149 Å². The largest absolute Gasteiger partial charge is 0.370 e. The van der Waals surface area contributed by atoms with Gasteiger partial charge >= 0.3 is 0 Å². The highest BCUT2D eigenvalue weighted by molar-refractivity contribution is 8.76. The molecule has 9 atom stereocenters. The van der Waals surface area contributed by atoms with Crippen LogP contribution in [0.4, 0.5) is 0 Å². The number of carbonyl (C=O) groups excluding carboxylic acids is 11. The van der Waals surface area contributed by atoms with Gasteiger partial charge in [0.25, 0.3) is 0 Å². The lowest BCUT2D eigenvalue weighted by molar-refractivity contribution is -0.142. The van der Waals surface area contributed by atoms with Crippen molar-refractivity contribution in [1.82, 2.24) is 42.1 Å². The molecule has 1 aromatic rings. The van der Waals surface area contributed by atoms with Gasteiger partial charge in [0.15, 0.2) is 0 Å². The van der Waals surface area contributed by atoms with E-state index >= 15 is 0 Å². The molecule has 0 aromatic heterocycles. The number of nitrogens with one attached hydrogen (secondary N) is 7. The van der Waals surface area contributed by atoms with E-state index in [1.165, 1.54) is 4.90 Å². The van der Waals surface area contributed by atoms with Crippen LogP contribution in [0.2, 0.25) is 0 Å². The minimum absolute atomic E-state index is 0.00192. The van der Waals surface area contributed by atoms with Crippen LogP contribution in [0.15, 0.2) is 30.3 Å². The maximum atomic E-state index is 14.4. The van der Waals surface area contributed by atoms with Crippen molar-refractivity contribution in [2.24, 2.45) is 34.6 Å². The smallest absolute Gasteiger partial charge is 0.246 e. The summed E-state index contributed by atoms with van der Waals surface area (Å²) in [7, 11) is 2.07. The van der Waals surface area contributed by atoms with Gasteiger partial charge in [0, 0.05) is 30.9 Å². The normalized spacial score (nSPS) is 24.6. The third-order valence-electron chi connectivity index (χ3n) is 10.9. The van der Waals surface area contributed by atoms with Crippen LogP contribution in [0, 0.1) is 5.92 Å². The molecule has 0 spiro atoms. The predicted molar refractivity (Wildman–Crippen MR) is 247 cm³/mol. The lowest BCUT2D eigenvalue weighted by Gasteiger charge is -2.31. The first-order valence-corrected chi connectivity index (χ1v) is 24.2. The van der Waals surface area contributed by atoms with Crippen molar-refractivity contribution < 1.29 is 52.7 Å². The van der Waals surface area contributed by atoms with Crippen molar-refractivity contribution in [2.45, 2.75) is 114 Å². The molecule has 2 aliphatic heterocycles. The Morgan fingerprint density at radius 1 is 0.791 bits per heavy atom. The Morgan fingerprint density at radius 3 is 2.04 bits per heavy atom. The molecular weight excluding hydrogens is 915 g/mol.